The second-order valence-corrected chi connectivity index (χ2v) is 5.71. The zero-order valence-corrected chi connectivity index (χ0v) is 14.2. The van der Waals surface area contributed by atoms with Gasteiger partial charge in [0.1, 0.15) is 17.5 Å². The van der Waals surface area contributed by atoms with Gasteiger partial charge < -0.3 is 9.47 Å². The highest BCUT2D eigenvalue weighted by Crippen LogP contribution is 2.34. The SMILES string of the molecule is COc1cc(C)ccc1Oc1ncnc2c1cnn2-c1ccc(F)cc1. The van der Waals surface area contributed by atoms with Crippen molar-refractivity contribution in [2.75, 3.05) is 7.11 Å². The lowest BCUT2D eigenvalue weighted by Gasteiger charge is -2.10. The number of methoxy groups -OCH3 is 1. The minimum atomic E-state index is -0.310. The summed E-state index contributed by atoms with van der Waals surface area (Å²) in [5, 5.41) is 4.97. The van der Waals surface area contributed by atoms with Gasteiger partial charge in [-0.3, -0.25) is 0 Å². The number of aromatic nitrogens is 4. The maximum Gasteiger partial charge on any atom is 0.233 e. The van der Waals surface area contributed by atoms with Crippen LogP contribution in [0.1, 0.15) is 5.56 Å². The maximum absolute atomic E-state index is 13.2. The van der Waals surface area contributed by atoms with Gasteiger partial charge in [-0.25, -0.2) is 19.0 Å². The fourth-order valence-electron chi connectivity index (χ4n) is 2.64. The molecule has 6 nitrogen and oxygen atoms in total. The average molecular weight is 350 g/mol. The monoisotopic (exact) mass is 350 g/mol. The number of halogens is 1. The number of ether oxygens (including phenoxy) is 2. The molecule has 0 saturated carbocycles. The van der Waals surface area contributed by atoms with Crippen LogP contribution in [-0.2, 0) is 0 Å². The van der Waals surface area contributed by atoms with E-state index in [0.29, 0.717) is 34.1 Å². The lowest BCUT2D eigenvalue weighted by molar-refractivity contribution is 0.375. The second-order valence-electron chi connectivity index (χ2n) is 5.71. The smallest absolute Gasteiger partial charge is 0.233 e. The molecular formula is C19H15FN4O2. The van der Waals surface area contributed by atoms with Crippen molar-refractivity contribution >= 4 is 11.0 Å². The third-order valence-electron chi connectivity index (χ3n) is 3.93. The number of rotatable bonds is 4. The van der Waals surface area contributed by atoms with Gasteiger partial charge in [-0.05, 0) is 48.9 Å². The number of nitrogens with zero attached hydrogens (tertiary/aromatic N) is 4. The van der Waals surface area contributed by atoms with E-state index in [1.807, 2.05) is 25.1 Å². The van der Waals surface area contributed by atoms with Gasteiger partial charge in [0.15, 0.2) is 17.1 Å². The number of hydrogen-bond donors (Lipinski definition) is 0. The summed E-state index contributed by atoms with van der Waals surface area (Å²) in [7, 11) is 1.59. The first-order chi connectivity index (χ1) is 12.7. The predicted octanol–water partition coefficient (Wildman–Crippen LogP) is 4.06. The molecule has 0 radical (unpaired) electrons. The van der Waals surface area contributed by atoms with E-state index < -0.39 is 0 Å². The molecule has 0 atom stereocenters. The molecule has 0 spiro atoms. The molecule has 0 saturated heterocycles. The molecule has 7 heteroatoms. The summed E-state index contributed by atoms with van der Waals surface area (Å²) in [6, 6.07) is 11.7. The van der Waals surface area contributed by atoms with Crippen LogP contribution in [0.25, 0.3) is 16.7 Å². The Kier molecular flexibility index (Phi) is 3.96. The molecule has 0 fully saturated rings. The molecule has 0 aliphatic carbocycles. The normalized spacial score (nSPS) is 10.9. The first-order valence-electron chi connectivity index (χ1n) is 7.93. The zero-order chi connectivity index (χ0) is 18.1. The van der Waals surface area contributed by atoms with Crippen LogP contribution in [0.4, 0.5) is 4.39 Å². The molecule has 0 unspecified atom stereocenters. The van der Waals surface area contributed by atoms with Crippen LogP contribution < -0.4 is 9.47 Å². The molecule has 0 bridgehead atoms. The van der Waals surface area contributed by atoms with E-state index in [1.165, 1.54) is 18.5 Å². The van der Waals surface area contributed by atoms with Crippen molar-refractivity contribution in [3.05, 3.63) is 66.4 Å². The van der Waals surface area contributed by atoms with Gasteiger partial charge in [0.2, 0.25) is 5.88 Å². The zero-order valence-electron chi connectivity index (χ0n) is 14.2. The van der Waals surface area contributed by atoms with Gasteiger partial charge in [-0.1, -0.05) is 6.07 Å². The topological polar surface area (TPSA) is 62.1 Å². The predicted molar refractivity (Wildman–Crippen MR) is 94.4 cm³/mol. The van der Waals surface area contributed by atoms with Gasteiger partial charge in [-0.15, -0.1) is 0 Å². The van der Waals surface area contributed by atoms with Gasteiger partial charge in [-0.2, -0.15) is 5.10 Å². The van der Waals surface area contributed by atoms with Crippen LogP contribution >= 0.6 is 0 Å². The maximum atomic E-state index is 13.2. The van der Waals surface area contributed by atoms with Crippen LogP contribution in [0.5, 0.6) is 17.4 Å². The van der Waals surface area contributed by atoms with Crippen LogP contribution in [0.2, 0.25) is 0 Å². The third-order valence-corrected chi connectivity index (χ3v) is 3.93. The summed E-state index contributed by atoms with van der Waals surface area (Å²) >= 11 is 0. The molecule has 26 heavy (non-hydrogen) atoms. The fourth-order valence-corrected chi connectivity index (χ4v) is 2.64. The van der Waals surface area contributed by atoms with Gasteiger partial charge >= 0.3 is 0 Å². The molecule has 0 amide bonds. The van der Waals surface area contributed by atoms with Crippen molar-refractivity contribution in [1.29, 1.82) is 0 Å². The molecule has 4 rings (SSSR count). The minimum absolute atomic E-state index is 0.310. The summed E-state index contributed by atoms with van der Waals surface area (Å²) in [5.41, 5.74) is 2.32. The third kappa shape index (κ3) is 2.83. The Morgan fingerprint density at radius 1 is 1.00 bits per heavy atom. The second kappa shape index (κ2) is 6.44. The molecule has 2 aromatic heterocycles. The summed E-state index contributed by atoms with van der Waals surface area (Å²) in [6.45, 7) is 1.97. The van der Waals surface area contributed by atoms with Gasteiger partial charge in [0.05, 0.1) is 19.0 Å². The Labute approximate surface area is 148 Å². The molecule has 130 valence electrons. The van der Waals surface area contributed by atoms with E-state index >= 15 is 0 Å². The van der Waals surface area contributed by atoms with Crippen molar-refractivity contribution in [2.24, 2.45) is 0 Å². The first-order valence-corrected chi connectivity index (χ1v) is 7.93. The molecule has 2 aromatic carbocycles. The number of aryl methyl sites for hydroxylation is 1. The number of hydrogen-bond acceptors (Lipinski definition) is 5. The van der Waals surface area contributed by atoms with Crippen LogP contribution in [0, 0.1) is 12.7 Å². The van der Waals surface area contributed by atoms with E-state index in [0.717, 1.165) is 5.56 Å². The summed E-state index contributed by atoms with van der Waals surface area (Å²) < 4.78 is 26.1. The molecule has 2 heterocycles. The highest BCUT2D eigenvalue weighted by atomic mass is 19.1. The largest absolute Gasteiger partial charge is 0.493 e. The molecule has 0 aliphatic heterocycles. The molecule has 4 aromatic rings. The molecular weight excluding hydrogens is 335 g/mol. The highest BCUT2D eigenvalue weighted by molar-refractivity contribution is 5.81. The Morgan fingerprint density at radius 2 is 1.81 bits per heavy atom. The van der Waals surface area contributed by atoms with Crippen molar-refractivity contribution < 1.29 is 13.9 Å². The number of fused-ring (bicyclic) bond motifs is 1. The van der Waals surface area contributed by atoms with Crippen molar-refractivity contribution in [3.63, 3.8) is 0 Å². The van der Waals surface area contributed by atoms with E-state index in [1.54, 1.807) is 30.1 Å². The van der Waals surface area contributed by atoms with Gasteiger partial charge in [0, 0.05) is 0 Å². The van der Waals surface area contributed by atoms with Gasteiger partial charge in [0.25, 0.3) is 0 Å². The number of benzene rings is 2. The van der Waals surface area contributed by atoms with E-state index in [9.17, 15) is 4.39 Å². The fraction of sp³-hybridized carbons (Fsp3) is 0.105. The van der Waals surface area contributed by atoms with E-state index in [2.05, 4.69) is 15.1 Å². The molecule has 0 aliphatic rings. The summed E-state index contributed by atoms with van der Waals surface area (Å²) in [6.07, 6.45) is 3.02. The van der Waals surface area contributed by atoms with Crippen LogP contribution in [-0.4, -0.2) is 26.9 Å². The van der Waals surface area contributed by atoms with E-state index in [-0.39, 0.29) is 5.82 Å². The summed E-state index contributed by atoms with van der Waals surface area (Å²) in [5.74, 6) is 1.22. The Hall–Kier alpha value is -3.48. The van der Waals surface area contributed by atoms with Crippen molar-refractivity contribution in [1.82, 2.24) is 19.7 Å². The van der Waals surface area contributed by atoms with Crippen LogP contribution in [0.3, 0.4) is 0 Å². The Balaban J connectivity index is 1.77. The lowest BCUT2D eigenvalue weighted by atomic mass is 10.2. The summed E-state index contributed by atoms with van der Waals surface area (Å²) in [4.78, 5) is 8.50. The van der Waals surface area contributed by atoms with Crippen molar-refractivity contribution in [2.45, 2.75) is 6.92 Å². The average Bonchev–Trinajstić information content (AvgIpc) is 3.09. The quantitative estimate of drug-likeness (QED) is 0.555. The minimum Gasteiger partial charge on any atom is -0.493 e. The first kappa shape index (κ1) is 16.0. The van der Waals surface area contributed by atoms with Crippen LogP contribution in [0.15, 0.2) is 55.0 Å². The standard InChI is InChI=1S/C19H15FN4O2/c1-12-3-8-16(17(9-12)25-2)26-19-15-10-23-24(18(15)21-11-22-19)14-6-4-13(20)5-7-14/h3-11H,1-2H3. The Bertz CT molecular complexity index is 1080. The lowest BCUT2D eigenvalue weighted by Crippen LogP contribution is -1.98. The Morgan fingerprint density at radius 3 is 2.58 bits per heavy atom. The van der Waals surface area contributed by atoms with E-state index in [4.69, 9.17) is 9.47 Å². The molecule has 0 N–H and O–H groups in total. The highest BCUT2D eigenvalue weighted by Gasteiger charge is 2.14. The van der Waals surface area contributed by atoms with Crippen molar-refractivity contribution in [3.8, 4) is 23.1 Å².